The van der Waals surface area contributed by atoms with E-state index in [1.165, 1.54) is 24.3 Å². The molecule has 0 bridgehead atoms. The van der Waals surface area contributed by atoms with Crippen LogP contribution in [0.5, 0.6) is 0 Å². The van der Waals surface area contributed by atoms with E-state index in [-0.39, 0.29) is 5.82 Å². The third-order valence-electron chi connectivity index (χ3n) is 3.94. The van der Waals surface area contributed by atoms with E-state index in [1.54, 1.807) is 24.3 Å². The predicted molar refractivity (Wildman–Crippen MR) is 104 cm³/mol. The van der Waals surface area contributed by atoms with Gasteiger partial charge in [-0.05, 0) is 60.7 Å². The number of rotatable bonds is 4. The Balaban J connectivity index is 1.42. The summed E-state index contributed by atoms with van der Waals surface area (Å²) >= 11 is 0. The minimum atomic E-state index is -0.427. The van der Waals surface area contributed by atoms with Crippen LogP contribution in [0.25, 0.3) is 22.9 Å². The van der Waals surface area contributed by atoms with Crippen LogP contribution in [0, 0.1) is 5.82 Å². The van der Waals surface area contributed by atoms with Crippen LogP contribution >= 0.6 is 0 Å². The molecule has 7 heteroatoms. The van der Waals surface area contributed by atoms with E-state index >= 15 is 0 Å². The van der Waals surface area contributed by atoms with E-state index in [0.29, 0.717) is 23.2 Å². The highest BCUT2D eigenvalue weighted by atomic mass is 19.1. The second kappa shape index (κ2) is 7.71. The first kappa shape index (κ1) is 17.4. The molecule has 2 amide bonds. The molecule has 4 aromatic rings. The normalized spacial score (nSPS) is 10.5. The van der Waals surface area contributed by atoms with Crippen LogP contribution in [0.2, 0.25) is 0 Å². The van der Waals surface area contributed by atoms with Crippen molar-refractivity contribution in [2.45, 2.75) is 0 Å². The lowest BCUT2D eigenvalue weighted by Gasteiger charge is -2.07. The van der Waals surface area contributed by atoms with Gasteiger partial charge in [0.25, 0.3) is 0 Å². The van der Waals surface area contributed by atoms with Gasteiger partial charge in [0.2, 0.25) is 11.8 Å². The summed E-state index contributed by atoms with van der Waals surface area (Å²) < 4.78 is 18.6. The minimum absolute atomic E-state index is 0.363. The highest BCUT2D eigenvalue weighted by molar-refractivity contribution is 5.99. The van der Waals surface area contributed by atoms with Crippen molar-refractivity contribution in [3.63, 3.8) is 0 Å². The van der Waals surface area contributed by atoms with Gasteiger partial charge in [-0.25, -0.2) is 9.18 Å². The van der Waals surface area contributed by atoms with Crippen molar-refractivity contribution in [1.29, 1.82) is 0 Å². The summed E-state index contributed by atoms with van der Waals surface area (Å²) in [5.74, 6) is 0.468. The molecule has 0 fully saturated rings. The molecule has 0 unspecified atom stereocenters. The van der Waals surface area contributed by atoms with Crippen LogP contribution in [0.15, 0.2) is 83.3 Å². The summed E-state index contributed by atoms with van der Waals surface area (Å²) in [6.45, 7) is 0. The van der Waals surface area contributed by atoms with Crippen molar-refractivity contribution in [2.24, 2.45) is 0 Å². The van der Waals surface area contributed by atoms with E-state index < -0.39 is 6.03 Å². The van der Waals surface area contributed by atoms with Gasteiger partial charge in [0.15, 0.2) is 0 Å². The molecular formula is C21H15FN4O2. The predicted octanol–water partition coefficient (Wildman–Crippen LogP) is 5.19. The van der Waals surface area contributed by atoms with Gasteiger partial charge in [-0.1, -0.05) is 18.2 Å². The fourth-order valence-electron chi connectivity index (χ4n) is 2.56. The number of urea groups is 1. The van der Waals surface area contributed by atoms with Crippen LogP contribution < -0.4 is 10.6 Å². The molecule has 0 saturated heterocycles. The first-order chi connectivity index (χ1) is 13.7. The van der Waals surface area contributed by atoms with Crippen LogP contribution in [-0.4, -0.2) is 16.2 Å². The number of anilines is 2. The number of amides is 2. The Hall–Kier alpha value is -4.00. The number of carbonyl (C=O) groups is 1. The fourth-order valence-corrected chi connectivity index (χ4v) is 2.56. The maximum atomic E-state index is 12.9. The molecule has 0 aliphatic heterocycles. The van der Waals surface area contributed by atoms with E-state index in [2.05, 4.69) is 20.8 Å². The molecule has 2 N–H and O–H groups in total. The van der Waals surface area contributed by atoms with Crippen LogP contribution in [0.1, 0.15) is 0 Å². The number of halogens is 1. The molecule has 138 valence electrons. The van der Waals surface area contributed by atoms with Gasteiger partial charge in [0, 0.05) is 22.5 Å². The van der Waals surface area contributed by atoms with Crippen molar-refractivity contribution >= 4 is 17.4 Å². The van der Waals surface area contributed by atoms with E-state index in [9.17, 15) is 9.18 Å². The Morgan fingerprint density at radius 1 is 0.714 bits per heavy atom. The molecule has 0 aliphatic rings. The Bertz CT molecular complexity index is 1080. The Kier molecular flexibility index (Phi) is 4.79. The Morgan fingerprint density at radius 3 is 1.79 bits per heavy atom. The van der Waals surface area contributed by atoms with Crippen molar-refractivity contribution < 1.29 is 13.6 Å². The summed E-state index contributed by atoms with van der Waals surface area (Å²) in [6, 6.07) is 21.6. The Labute approximate surface area is 160 Å². The quantitative estimate of drug-likeness (QED) is 0.515. The fraction of sp³-hybridized carbons (Fsp3) is 0. The van der Waals surface area contributed by atoms with Gasteiger partial charge < -0.3 is 15.1 Å². The smallest absolute Gasteiger partial charge is 0.323 e. The minimum Gasteiger partial charge on any atom is -0.416 e. The summed E-state index contributed by atoms with van der Waals surface area (Å²) in [6.07, 6.45) is 0. The second-order valence-corrected chi connectivity index (χ2v) is 5.94. The maximum Gasteiger partial charge on any atom is 0.323 e. The topological polar surface area (TPSA) is 80.0 Å². The zero-order valence-corrected chi connectivity index (χ0v) is 14.6. The first-order valence-corrected chi connectivity index (χ1v) is 8.50. The maximum absolute atomic E-state index is 12.9. The number of hydrogen-bond donors (Lipinski definition) is 2. The third kappa shape index (κ3) is 4.04. The van der Waals surface area contributed by atoms with E-state index in [0.717, 1.165) is 11.1 Å². The molecule has 3 aromatic carbocycles. The molecular weight excluding hydrogens is 359 g/mol. The number of aromatic nitrogens is 2. The summed E-state index contributed by atoms with van der Waals surface area (Å²) in [4.78, 5) is 12.0. The van der Waals surface area contributed by atoms with Crippen LogP contribution in [0.4, 0.5) is 20.6 Å². The lowest BCUT2D eigenvalue weighted by atomic mass is 10.2. The van der Waals surface area contributed by atoms with Gasteiger partial charge in [-0.3, -0.25) is 0 Å². The van der Waals surface area contributed by atoms with Crippen molar-refractivity contribution in [2.75, 3.05) is 10.6 Å². The van der Waals surface area contributed by atoms with E-state index in [1.807, 2.05) is 30.3 Å². The van der Waals surface area contributed by atoms with Gasteiger partial charge in [-0.15, -0.1) is 10.2 Å². The summed E-state index contributed by atoms with van der Waals surface area (Å²) in [7, 11) is 0. The lowest BCUT2D eigenvalue weighted by Crippen LogP contribution is -2.19. The first-order valence-electron chi connectivity index (χ1n) is 8.50. The Morgan fingerprint density at radius 2 is 1.21 bits per heavy atom. The molecule has 0 aliphatic carbocycles. The molecule has 1 aromatic heterocycles. The van der Waals surface area contributed by atoms with Gasteiger partial charge in [-0.2, -0.15) is 0 Å². The SMILES string of the molecule is O=C(Nc1ccc(F)cc1)Nc1ccc(-c2nnc(-c3ccccc3)o2)cc1. The monoisotopic (exact) mass is 374 g/mol. The largest absolute Gasteiger partial charge is 0.416 e. The number of nitrogens with one attached hydrogen (secondary N) is 2. The molecule has 1 heterocycles. The van der Waals surface area contributed by atoms with Gasteiger partial charge in [0.05, 0.1) is 0 Å². The standard InChI is InChI=1S/C21H15FN4O2/c22-16-8-12-18(13-9-16)24-21(27)23-17-10-6-15(7-11-17)20-26-25-19(28-20)14-4-2-1-3-5-14/h1-13H,(H2,23,24,27). The van der Waals surface area contributed by atoms with Gasteiger partial charge >= 0.3 is 6.03 Å². The number of carbonyl (C=O) groups excluding carboxylic acids is 1. The number of nitrogens with zero attached hydrogens (tertiary/aromatic N) is 2. The number of hydrogen-bond acceptors (Lipinski definition) is 4. The van der Waals surface area contributed by atoms with Crippen LogP contribution in [-0.2, 0) is 0 Å². The summed E-state index contributed by atoms with van der Waals surface area (Å²) in [5, 5.41) is 13.5. The van der Waals surface area contributed by atoms with E-state index in [4.69, 9.17) is 4.42 Å². The second-order valence-electron chi connectivity index (χ2n) is 5.94. The van der Waals surface area contributed by atoms with Gasteiger partial charge in [0.1, 0.15) is 5.82 Å². The molecule has 6 nitrogen and oxygen atoms in total. The average Bonchev–Trinajstić information content (AvgIpc) is 3.21. The highest BCUT2D eigenvalue weighted by Crippen LogP contribution is 2.24. The summed E-state index contributed by atoms with van der Waals surface area (Å²) in [5.41, 5.74) is 2.66. The lowest BCUT2D eigenvalue weighted by molar-refractivity contribution is 0.262. The third-order valence-corrected chi connectivity index (χ3v) is 3.94. The molecule has 0 atom stereocenters. The zero-order valence-electron chi connectivity index (χ0n) is 14.6. The molecule has 0 radical (unpaired) electrons. The highest BCUT2D eigenvalue weighted by Gasteiger charge is 2.10. The average molecular weight is 374 g/mol. The number of benzene rings is 3. The van der Waals surface area contributed by atoms with Crippen LogP contribution in [0.3, 0.4) is 0 Å². The van der Waals surface area contributed by atoms with Crippen molar-refractivity contribution in [1.82, 2.24) is 10.2 Å². The molecule has 28 heavy (non-hydrogen) atoms. The molecule has 0 spiro atoms. The molecule has 4 rings (SSSR count). The molecule has 0 saturated carbocycles. The zero-order chi connectivity index (χ0) is 19.3. The van der Waals surface area contributed by atoms with Crippen molar-refractivity contribution in [3.05, 3.63) is 84.7 Å². The van der Waals surface area contributed by atoms with Crippen molar-refractivity contribution in [3.8, 4) is 22.9 Å².